The molecule has 0 radical (unpaired) electrons. The molecule has 0 atom stereocenters. The Kier molecular flexibility index (Phi) is 30.4. The highest BCUT2D eigenvalue weighted by atomic mass is 16.5. The van der Waals surface area contributed by atoms with Gasteiger partial charge in [0.25, 0.3) is 0 Å². The van der Waals surface area contributed by atoms with Gasteiger partial charge in [-0.05, 0) is 25.7 Å². The quantitative estimate of drug-likeness (QED) is 0.0813. The largest absolute Gasteiger partial charge is 0.381 e. The number of unbranched alkanes of at least 4 members (excludes halogenated alkanes) is 24. The average Bonchev–Trinajstić information content (AvgIpc) is 2.81. The third kappa shape index (κ3) is 29.7. The molecular formula is C31H62O. The van der Waals surface area contributed by atoms with Crippen molar-refractivity contribution in [2.45, 2.75) is 174 Å². The maximum atomic E-state index is 5.83. The Morgan fingerprint density at radius 1 is 0.406 bits per heavy atom. The van der Waals surface area contributed by atoms with Crippen molar-refractivity contribution in [2.24, 2.45) is 0 Å². The van der Waals surface area contributed by atoms with Crippen molar-refractivity contribution < 1.29 is 4.74 Å². The summed E-state index contributed by atoms with van der Waals surface area (Å²) in [6.07, 6.45) is 38.6. The van der Waals surface area contributed by atoms with E-state index in [1.165, 1.54) is 167 Å². The van der Waals surface area contributed by atoms with Crippen molar-refractivity contribution in [2.75, 3.05) is 13.2 Å². The normalized spacial score (nSPS) is 11.3. The van der Waals surface area contributed by atoms with E-state index in [0.717, 1.165) is 13.2 Å². The van der Waals surface area contributed by atoms with Gasteiger partial charge in [-0.15, -0.1) is 6.58 Å². The van der Waals surface area contributed by atoms with Gasteiger partial charge in [-0.1, -0.05) is 154 Å². The summed E-state index contributed by atoms with van der Waals surface area (Å²) in [5.74, 6) is 0. The van der Waals surface area contributed by atoms with E-state index < -0.39 is 0 Å². The molecule has 0 amide bonds. The number of hydrogen-bond acceptors (Lipinski definition) is 1. The molecule has 0 aromatic heterocycles. The minimum absolute atomic E-state index is 0.988. The lowest BCUT2D eigenvalue weighted by atomic mass is 10.0. The van der Waals surface area contributed by atoms with E-state index in [2.05, 4.69) is 13.5 Å². The lowest BCUT2D eigenvalue weighted by Crippen LogP contribution is -1.97. The topological polar surface area (TPSA) is 9.23 Å². The SMILES string of the molecule is C=CCCCCCCCCCCCCOCCCCCCCCCCCCCCCCC. The predicted molar refractivity (Wildman–Crippen MR) is 147 cm³/mol. The predicted octanol–water partition coefficient (Wildman–Crippen LogP) is 11.4. The molecular weight excluding hydrogens is 388 g/mol. The Hall–Kier alpha value is -0.300. The molecule has 0 rings (SSSR count). The first-order chi connectivity index (χ1) is 15.9. The van der Waals surface area contributed by atoms with Crippen molar-refractivity contribution in [1.29, 1.82) is 0 Å². The summed E-state index contributed by atoms with van der Waals surface area (Å²) in [5.41, 5.74) is 0. The maximum Gasteiger partial charge on any atom is 0.0466 e. The first kappa shape index (κ1) is 31.7. The molecule has 0 aliphatic heterocycles. The van der Waals surface area contributed by atoms with Crippen molar-refractivity contribution in [3.05, 3.63) is 12.7 Å². The highest BCUT2D eigenvalue weighted by molar-refractivity contribution is 4.65. The summed E-state index contributed by atoms with van der Waals surface area (Å²) in [7, 11) is 0. The third-order valence-corrected chi connectivity index (χ3v) is 6.84. The lowest BCUT2D eigenvalue weighted by Gasteiger charge is -2.05. The van der Waals surface area contributed by atoms with Crippen molar-refractivity contribution >= 4 is 0 Å². The van der Waals surface area contributed by atoms with Crippen molar-refractivity contribution in [1.82, 2.24) is 0 Å². The number of allylic oxidation sites excluding steroid dienone is 1. The van der Waals surface area contributed by atoms with Gasteiger partial charge >= 0.3 is 0 Å². The van der Waals surface area contributed by atoms with Crippen molar-refractivity contribution in [3.8, 4) is 0 Å². The molecule has 0 saturated heterocycles. The third-order valence-electron chi connectivity index (χ3n) is 6.84. The Morgan fingerprint density at radius 2 is 0.688 bits per heavy atom. The smallest absolute Gasteiger partial charge is 0.0466 e. The molecule has 0 aliphatic carbocycles. The highest BCUT2D eigenvalue weighted by Gasteiger charge is 1.96. The van der Waals surface area contributed by atoms with E-state index in [1.807, 2.05) is 6.08 Å². The monoisotopic (exact) mass is 450 g/mol. The van der Waals surface area contributed by atoms with Crippen LogP contribution in [0.15, 0.2) is 12.7 Å². The number of ether oxygens (including phenoxy) is 1. The van der Waals surface area contributed by atoms with E-state index in [4.69, 9.17) is 4.74 Å². The fraction of sp³-hybridized carbons (Fsp3) is 0.935. The van der Waals surface area contributed by atoms with E-state index in [9.17, 15) is 0 Å². The van der Waals surface area contributed by atoms with Gasteiger partial charge < -0.3 is 4.74 Å². The van der Waals surface area contributed by atoms with Crippen molar-refractivity contribution in [3.63, 3.8) is 0 Å². The summed E-state index contributed by atoms with van der Waals surface area (Å²) >= 11 is 0. The van der Waals surface area contributed by atoms with Gasteiger partial charge in [0, 0.05) is 13.2 Å². The van der Waals surface area contributed by atoms with Crippen LogP contribution in [0.2, 0.25) is 0 Å². The average molecular weight is 451 g/mol. The fourth-order valence-corrected chi connectivity index (χ4v) is 4.58. The maximum absolute atomic E-state index is 5.83. The second kappa shape index (κ2) is 30.7. The lowest BCUT2D eigenvalue weighted by molar-refractivity contribution is 0.125. The zero-order valence-electron chi connectivity index (χ0n) is 22.5. The van der Waals surface area contributed by atoms with Crippen LogP contribution in [0.25, 0.3) is 0 Å². The van der Waals surface area contributed by atoms with Gasteiger partial charge in [-0.2, -0.15) is 0 Å². The van der Waals surface area contributed by atoms with Crippen LogP contribution in [0.5, 0.6) is 0 Å². The van der Waals surface area contributed by atoms with Crippen LogP contribution in [0.4, 0.5) is 0 Å². The molecule has 0 aromatic carbocycles. The zero-order chi connectivity index (χ0) is 23.2. The molecule has 0 unspecified atom stereocenters. The molecule has 0 saturated carbocycles. The molecule has 0 heterocycles. The number of rotatable bonds is 29. The number of hydrogen-bond donors (Lipinski definition) is 0. The summed E-state index contributed by atoms with van der Waals surface area (Å²) < 4.78 is 5.83. The van der Waals surface area contributed by atoms with Gasteiger partial charge in [-0.25, -0.2) is 0 Å². The van der Waals surface area contributed by atoms with E-state index in [-0.39, 0.29) is 0 Å². The van der Waals surface area contributed by atoms with E-state index >= 15 is 0 Å². The second-order valence-electron chi connectivity index (χ2n) is 10.2. The summed E-state index contributed by atoms with van der Waals surface area (Å²) in [6, 6.07) is 0. The standard InChI is InChI=1S/C31H62O/c1-3-5-7-9-11-13-15-17-18-19-21-23-25-27-29-31-32-30-28-26-24-22-20-16-14-12-10-8-6-4-2/h4H,2-3,5-31H2,1H3. The van der Waals surface area contributed by atoms with Gasteiger partial charge in [0.2, 0.25) is 0 Å². The first-order valence-electron chi connectivity index (χ1n) is 15.1. The molecule has 0 aliphatic rings. The Bertz CT molecular complexity index is 324. The van der Waals surface area contributed by atoms with Crippen LogP contribution in [-0.2, 0) is 4.74 Å². The minimum Gasteiger partial charge on any atom is -0.381 e. The highest BCUT2D eigenvalue weighted by Crippen LogP contribution is 2.14. The van der Waals surface area contributed by atoms with E-state index in [0.29, 0.717) is 0 Å². The molecule has 1 nitrogen and oxygen atoms in total. The molecule has 0 spiro atoms. The fourth-order valence-electron chi connectivity index (χ4n) is 4.58. The zero-order valence-corrected chi connectivity index (χ0v) is 22.5. The molecule has 0 bridgehead atoms. The van der Waals surface area contributed by atoms with Crippen LogP contribution in [0.3, 0.4) is 0 Å². The van der Waals surface area contributed by atoms with E-state index in [1.54, 1.807) is 0 Å². The van der Waals surface area contributed by atoms with Gasteiger partial charge in [0.15, 0.2) is 0 Å². The van der Waals surface area contributed by atoms with Crippen LogP contribution in [-0.4, -0.2) is 13.2 Å². The van der Waals surface area contributed by atoms with Gasteiger partial charge in [0.05, 0.1) is 0 Å². The summed E-state index contributed by atoms with van der Waals surface area (Å²) in [6.45, 7) is 8.06. The molecule has 0 N–H and O–H groups in total. The minimum atomic E-state index is 0.988. The molecule has 1 heteroatoms. The molecule has 0 fully saturated rings. The summed E-state index contributed by atoms with van der Waals surface area (Å²) in [4.78, 5) is 0. The molecule has 192 valence electrons. The Labute approximate surface area is 204 Å². The van der Waals surface area contributed by atoms with Crippen LogP contribution in [0.1, 0.15) is 174 Å². The van der Waals surface area contributed by atoms with Crippen LogP contribution >= 0.6 is 0 Å². The van der Waals surface area contributed by atoms with Gasteiger partial charge in [0.1, 0.15) is 0 Å². The second-order valence-corrected chi connectivity index (χ2v) is 10.2. The molecule has 0 aromatic rings. The summed E-state index contributed by atoms with van der Waals surface area (Å²) in [5, 5.41) is 0. The van der Waals surface area contributed by atoms with Crippen LogP contribution in [0, 0.1) is 0 Å². The Morgan fingerprint density at radius 3 is 1.00 bits per heavy atom. The molecule has 32 heavy (non-hydrogen) atoms. The van der Waals surface area contributed by atoms with Gasteiger partial charge in [-0.3, -0.25) is 0 Å². The Balaban J connectivity index is 2.99. The van der Waals surface area contributed by atoms with Crippen LogP contribution < -0.4 is 0 Å². The first-order valence-corrected chi connectivity index (χ1v) is 15.1.